The summed E-state index contributed by atoms with van der Waals surface area (Å²) in [4.78, 5) is 12.9. The molecule has 2 rings (SSSR count). The molecule has 2 amide bonds. The molecule has 1 aliphatic rings. The third kappa shape index (κ3) is 2.01. The van der Waals surface area contributed by atoms with Gasteiger partial charge in [-0.2, -0.15) is 10.4 Å². The van der Waals surface area contributed by atoms with Crippen LogP contribution in [0, 0.1) is 11.5 Å². The Bertz CT molecular complexity index is 474. The molecule has 2 heterocycles. The Kier molecular flexibility index (Phi) is 2.87. The molecule has 7 heteroatoms. The molecule has 17 heavy (non-hydrogen) atoms. The van der Waals surface area contributed by atoms with Gasteiger partial charge in [-0.25, -0.2) is 4.79 Å². The topological polar surface area (TPSA) is 86.0 Å². The van der Waals surface area contributed by atoms with E-state index >= 15 is 0 Å². The predicted octanol–water partition coefficient (Wildman–Crippen LogP) is 0.492. The maximum Gasteiger partial charge on any atom is 0.320 e. The van der Waals surface area contributed by atoms with Crippen molar-refractivity contribution in [1.29, 1.82) is 5.26 Å². The number of urea groups is 1. The summed E-state index contributed by atoms with van der Waals surface area (Å²) in [7, 11) is 1.55. The van der Waals surface area contributed by atoms with Crippen molar-refractivity contribution in [2.75, 3.05) is 18.9 Å². The first-order valence-electron chi connectivity index (χ1n) is 5.38. The van der Waals surface area contributed by atoms with Crippen LogP contribution in [0.25, 0.3) is 0 Å². The minimum absolute atomic E-state index is 0.0125. The van der Waals surface area contributed by atoms with Crippen LogP contribution < -0.4 is 10.6 Å². The number of hydrogen-bond donors (Lipinski definition) is 2. The lowest BCUT2D eigenvalue weighted by molar-refractivity contribution is 0.243. The fourth-order valence-corrected chi connectivity index (χ4v) is 1.88. The highest BCUT2D eigenvalue weighted by atomic mass is 16.2. The molecular weight excluding hydrogens is 220 g/mol. The standard InChI is InChI=1S/C10H14N6O/c1-7-8-5-9(13-10(17)12-2)14-16(8)4-3-15(7)6-11/h5,7H,3-4H2,1-2H3,(H2,12,13,14,17). The van der Waals surface area contributed by atoms with Crippen molar-refractivity contribution < 1.29 is 4.79 Å². The second-order valence-corrected chi connectivity index (χ2v) is 3.85. The van der Waals surface area contributed by atoms with Gasteiger partial charge in [0.1, 0.15) is 0 Å². The lowest BCUT2D eigenvalue weighted by Crippen LogP contribution is -2.33. The number of fused-ring (bicyclic) bond motifs is 1. The molecule has 1 aromatic heterocycles. The molecule has 0 bridgehead atoms. The predicted molar refractivity (Wildman–Crippen MR) is 61.0 cm³/mol. The smallest absolute Gasteiger partial charge is 0.320 e. The Morgan fingerprint density at radius 3 is 3.06 bits per heavy atom. The van der Waals surface area contributed by atoms with Gasteiger partial charge in [0, 0.05) is 19.7 Å². The van der Waals surface area contributed by atoms with Crippen LogP contribution in [0.15, 0.2) is 6.07 Å². The van der Waals surface area contributed by atoms with Crippen molar-refractivity contribution >= 4 is 11.8 Å². The molecule has 0 saturated heterocycles. The van der Waals surface area contributed by atoms with E-state index in [9.17, 15) is 4.79 Å². The zero-order chi connectivity index (χ0) is 12.4. The number of anilines is 1. The van der Waals surface area contributed by atoms with E-state index in [1.807, 2.05) is 11.6 Å². The van der Waals surface area contributed by atoms with E-state index in [1.54, 1.807) is 18.0 Å². The number of rotatable bonds is 1. The average molecular weight is 234 g/mol. The molecule has 1 unspecified atom stereocenters. The van der Waals surface area contributed by atoms with Gasteiger partial charge in [-0.1, -0.05) is 0 Å². The van der Waals surface area contributed by atoms with Gasteiger partial charge in [0.15, 0.2) is 12.0 Å². The maximum atomic E-state index is 11.2. The average Bonchev–Trinajstić information content (AvgIpc) is 2.73. The van der Waals surface area contributed by atoms with Crippen LogP contribution in [-0.4, -0.2) is 34.3 Å². The van der Waals surface area contributed by atoms with Crippen LogP contribution in [0.1, 0.15) is 18.7 Å². The number of nitrogens with one attached hydrogen (secondary N) is 2. The van der Waals surface area contributed by atoms with Crippen molar-refractivity contribution in [3.8, 4) is 6.19 Å². The zero-order valence-corrected chi connectivity index (χ0v) is 9.77. The first kappa shape index (κ1) is 11.3. The van der Waals surface area contributed by atoms with Crippen LogP contribution in [0.2, 0.25) is 0 Å². The van der Waals surface area contributed by atoms with Crippen molar-refractivity contribution in [3.63, 3.8) is 0 Å². The number of hydrogen-bond acceptors (Lipinski definition) is 4. The number of carbonyl (C=O) groups is 1. The molecule has 90 valence electrons. The molecule has 1 aromatic rings. The lowest BCUT2D eigenvalue weighted by Gasteiger charge is -2.28. The normalized spacial score (nSPS) is 18.2. The van der Waals surface area contributed by atoms with E-state index < -0.39 is 0 Å². The fraction of sp³-hybridized carbons (Fsp3) is 0.500. The Hall–Kier alpha value is -2.23. The third-order valence-electron chi connectivity index (χ3n) is 2.86. The maximum absolute atomic E-state index is 11.2. The molecular formula is C10H14N6O. The van der Waals surface area contributed by atoms with Crippen LogP contribution in [0.4, 0.5) is 10.6 Å². The second-order valence-electron chi connectivity index (χ2n) is 3.85. The van der Waals surface area contributed by atoms with Gasteiger partial charge in [0.2, 0.25) is 0 Å². The second kappa shape index (κ2) is 4.33. The third-order valence-corrected chi connectivity index (χ3v) is 2.86. The largest absolute Gasteiger partial charge is 0.341 e. The molecule has 0 aromatic carbocycles. The van der Waals surface area contributed by atoms with Crippen molar-refractivity contribution in [2.24, 2.45) is 0 Å². The fourth-order valence-electron chi connectivity index (χ4n) is 1.88. The molecule has 1 aliphatic heterocycles. The van der Waals surface area contributed by atoms with E-state index in [4.69, 9.17) is 5.26 Å². The molecule has 0 spiro atoms. The van der Waals surface area contributed by atoms with E-state index in [-0.39, 0.29) is 12.1 Å². The number of carbonyl (C=O) groups excluding carboxylic acids is 1. The van der Waals surface area contributed by atoms with Crippen molar-refractivity contribution in [1.82, 2.24) is 20.0 Å². The summed E-state index contributed by atoms with van der Waals surface area (Å²) in [5.74, 6) is 0.506. The van der Waals surface area contributed by atoms with Crippen molar-refractivity contribution in [2.45, 2.75) is 19.5 Å². The summed E-state index contributed by atoms with van der Waals surface area (Å²) in [6.45, 7) is 3.24. The zero-order valence-electron chi connectivity index (χ0n) is 9.77. The summed E-state index contributed by atoms with van der Waals surface area (Å²) in [6.07, 6.45) is 2.15. The van der Waals surface area contributed by atoms with Gasteiger partial charge in [-0.05, 0) is 6.92 Å². The Balaban J connectivity index is 2.22. The van der Waals surface area contributed by atoms with Gasteiger partial charge in [-0.15, -0.1) is 0 Å². The number of nitriles is 1. The van der Waals surface area contributed by atoms with Gasteiger partial charge in [0.05, 0.1) is 18.3 Å². The van der Waals surface area contributed by atoms with Crippen molar-refractivity contribution in [3.05, 3.63) is 11.8 Å². The van der Waals surface area contributed by atoms with Gasteiger partial charge < -0.3 is 10.2 Å². The van der Waals surface area contributed by atoms with Gasteiger partial charge in [-0.3, -0.25) is 10.00 Å². The van der Waals surface area contributed by atoms with Crippen LogP contribution in [0.5, 0.6) is 0 Å². The molecule has 0 saturated carbocycles. The SMILES string of the molecule is CNC(=O)Nc1cc2n(n1)CCN(C#N)C2C. The van der Waals surface area contributed by atoms with Crippen LogP contribution in [-0.2, 0) is 6.54 Å². The Labute approximate surface area is 99.0 Å². The molecule has 0 radical (unpaired) electrons. The highest BCUT2D eigenvalue weighted by Gasteiger charge is 2.25. The molecule has 2 N–H and O–H groups in total. The number of aromatic nitrogens is 2. The molecule has 7 nitrogen and oxygen atoms in total. The summed E-state index contributed by atoms with van der Waals surface area (Å²) < 4.78 is 1.82. The highest BCUT2D eigenvalue weighted by Crippen LogP contribution is 2.26. The first-order chi connectivity index (χ1) is 8.15. The van der Waals surface area contributed by atoms with E-state index in [0.717, 1.165) is 5.69 Å². The number of amides is 2. The summed E-state index contributed by atoms with van der Waals surface area (Å²) >= 11 is 0. The quantitative estimate of drug-likeness (QED) is 0.692. The van der Waals surface area contributed by atoms with E-state index in [2.05, 4.69) is 21.9 Å². The lowest BCUT2D eigenvalue weighted by atomic mass is 10.1. The Morgan fingerprint density at radius 1 is 1.65 bits per heavy atom. The number of nitrogens with zero attached hydrogens (tertiary/aromatic N) is 4. The first-order valence-corrected chi connectivity index (χ1v) is 5.38. The summed E-state index contributed by atoms with van der Waals surface area (Å²) in [5.41, 5.74) is 0.934. The molecule has 1 atom stereocenters. The van der Waals surface area contributed by atoms with Gasteiger partial charge in [0.25, 0.3) is 0 Å². The molecule has 0 fully saturated rings. The molecule has 0 aliphatic carbocycles. The van der Waals surface area contributed by atoms with Crippen LogP contribution >= 0.6 is 0 Å². The summed E-state index contributed by atoms with van der Waals surface area (Å²) in [6, 6.07) is 1.48. The minimum Gasteiger partial charge on any atom is -0.341 e. The van der Waals surface area contributed by atoms with E-state index in [0.29, 0.717) is 18.9 Å². The Morgan fingerprint density at radius 2 is 2.41 bits per heavy atom. The highest BCUT2D eigenvalue weighted by molar-refractivity contribution is 5.87. The monoisotopic (exact) mass is 234 g/mol. The summed E-state index contributed by atoms with van der Waals surface area (Å²) in [5, 5.41) is 18.3. The minimum atomic E-state index is -0.301. The van der Waals surface area contributed by atoms with Crippen LogP contribution in [0.3, 0.4) is 0 Å². The van der Waals surface area contributed by atoms with E-state index in [1.165, 1.54) is 0 Å². The van der Waals surface area contributed by atoms with Gasteiger partial charge >= 0.3 is 6.03 Å².